The molecule has 6 nitrogen and oxygen atoms in total. The van der Waals surface area contributed by atoms with Gasteiger partial charge in [0, 0.05) is 19.3 Å². The molecule has 0 saturated heterocycles. The number of allylic oxidation sites excluding steroid dienone is 10. The van der Waals surface area contributed by atoms with Crippen LogP contribution in [0, 0.1) is 0 Å². The van der Waals surface area contributed by atoms with Gasteiger partial charge in [-0.05, 0) is 103 Å². The highest BCUT2D eigenvalue weighted by atomic mass is 16.6. The van der Waals surface area contributed by atoms with Crippen LogP contribution in [0.2, 0.25) is 0 Å². The van der Waals surface area contributed by atoms with Gasteiger partial charge in [0.05, 0.1) is 0 Å². The number of hydrogen-bond donors (Lipinski definition) is 0. The maximum atomic E-state index is 12.9. The van der Waals surface area contributed by atoms with Crippen LogP contribution in [0.1, 0.15) is 329 Å². The zero-order valence-corrected chi connectivity index (χ0v) is 48.7. The van der Waals surface area contributed by atoms with Gasteiger partial charge in [-0.25, -0.2) is 0 Å². The van der Waals surface area contributed by atoms with Gasteiger partial charge in [-0.2, -0.15) is 0 Å². The lowest BCUT2D eigenvalue weighted by atomic mass is 10.0. The molecule has 0 saturated carbocycles. The largest absolute Gasteiger partial charge is 0.462 e. The molecule has 0 heterocycles. The fourth-order valence-corrected chi connectivity index (χ4v) is 9.13. The highest BCUT2D eigenvalue weighted by Crippen LogP contribution is 2.16. The molecule has 0 amide bonds. The van der Waals surface area contributed by atoms with Crippen molar-refractivity contribution in [3.63, 3.8) is 0 Å². The summed E-state index contributed by atoms with van der Waals surface area (Å²) in [7, 11) is 0. The number of carbonyl (C=O) groups excluding carboxylic acids is 3. The van der Waals surface area contributed by atoms with Gasteiger partial charge in [-0.15, -0.1) is 0 Å². The smallest absolute Gasteiger partial charge is 0.306 e. The molecule has 0 bridgehead atoms. The predicted molar refractivity (Wildman–Crippen MR) is 316 cm³/mol. The molecule has 0 aromatic carbocycles. The molecule has 73 heavy (non-hydrogen) atoms. The van der Waals surface area contributed by atoms with Crippen molar-refractivity contribution in [1.82, 2.24) is 0 Å². The molecule has 0 spiro atoms. The van der Waals surface area contributed by atoms with Crippen molar-refractivity contribution in [2.45, 2.75) is 335 Å². The van der Waals surface area contributed by atoms with E-state index in [-0.39, 0.29) is 31.1 Å². The van der Waals surface area contributed by atoms with Gasteiger partial charge in [0.25, 0.3) is 0 Å². The highest BCUT2D eigenvalue weighted by Gasteiger charge is 2.19. The summed E-state index contributed by atoms with van der Waals surface area (Å²) in [6.45, 7) is 6.60. The van der Waals surface area contributed by atoms with Gasteiger partial charge in [0.15, 0.2) is 6.10 Å². The van der Waals surface area contributed by atoms with E-state index in [0.717, 1.165) is 96.3 Å². The molecule has 0 aliphatic heterocycles. The predicted octanol–water partition coefficient (Wildman–Crippen LogP) is 21.6. The summed E-state index contributed by atoms with van der Waals surface area (Å²) < 4.78 is 16.9. The molecule has 1 unspecified atom stereocenters. The van der Waals surface area contributed by atoms with Gasteiger partial charge in [0.1, 0.15) is 13.2 Å². The molecule has 6 heteroatoms. The summed E-state index contributed by atoms with van der Waals surface area (Å²) in [4.78, 5) is 38.2. The van der Waals surface area contributed by atoms with Crippen LogP contribution in [0.3, 0.4) is 0 Å². The third kappa shape index (κ3) is 59.9. The summed E-state index contributed by atoms with van der Waals surface area (Å²) in [6, 6.07) is 0. The van der Waals surface area contributed by atoms with Crippen LogP contribution in [0.25, 0.3) is 0 Å². The molecule has 0 N–H and O–H groups in total. The normalized spacial score (nSPS) is 12.4. The molecule has 0 fully saturated rings. The minimum Gasteiger partial charge on any atom is -0.462 e. The molecular weight excluding hydrogens is 901 g/mol. The standard InChI is InChI=1S/C67H120O6/c1-4-7-10-13-16-19-22-25-28-29-30-31-32-33-34-35-36-37-38-39-40-43-45-48-51-54-57-60-66(69)72-63-64(73-67(70)61-58-55-52-49-46-42-27-24-21-18-15-12-9-6-3)62-71-65(68)59-56-53-50-47-44-41-26-23-20-17-14-11-8-5-2/h15,18,22-27,29-30,64H,4-14,16-17,19-21,28,31-63H2,1-3H3/b18-15-,25-22-,26-23-,27-24-,30-29-. The lowest BCUT2D eigenvalue weighted by Crippen LogP contribution is -2.30. The Bertz CT molecular complexity index is 1310. The first kappa shape index (κ1) is 70.1. The fraction of sp³-hybridized carbons (Fsp3) is 0.806. The quantitative estimate of drug-likeness (QED) is 0.0261. The number of ether oxygens (including phenoxy) is 3. The van der Waals surface area contributed by atoms with Crippen molar-refractivity contribution < 1.29 is 28.6 Å². The maximum Gasteiger partial charge on any atom is 0.306 e. The van der Waals surface area contributed by atoms with Crippen molar-refractivity contribution in [1.29, 1.82) is 0 Å². The van der Waals surface area contributed by atoms with E-state index in [1.807, 2.05) is 0 Å². The van der Waals surface area contributed by atoms with Crippen molar-refractivity contribution in [2.24, 2.45) is 0 Å². The lowest BCUT2D eigenvalue weighted by molar-refractivity contribution is -0.167. The first-order valence-corrected chi connectivity index (χ1v) is 31.8. The van der Waals surface area contributed by atoms with Crippen LogP contribution < -0.4 is 0 Å². The van der Waals surface area contributed by atoms with E-state index >= 15 is 0 Å². The molecule has 0 aromatic rings. The van der Waals surface area contributed by atoms with E-state index in [9.17, 15) is 14.4 Å². The van der Waals surface area contributed by atoms with Crippen LogP contribution in [0.15, 0.2) is 60.8 Å². The SMILES string of the molecule is CCCC/C=C\C/C=C\CCCCCCCC(=O)OC(COC(=O)CCCCCCC/C=C\CCCCCCC)COC(=O)CCCCCCCCCCCCCCCCC/C=C\C/C=C\CCCCCCC. The van der Waals surface area contributed by atoms with Crippen molar-refractivity contribution in [3.8, 4) is 0 Å². The summed E-state index contributed by atoms with van der Waals surface area (Å²) in [6.07, 6.45) is 78.0. The van der Waals surface area contributed by atoms with Crippen LogP contribution in [-0.4, -0.2) is 37.2 Å². The van der Waals surface area contributed by atoms with Gasteiger partial charge in [-0.3, -0.25) is 14.4 Å². The molecular formula is C67H120O6. The molecule has 0 aliphatic carbocycles. The summed E-state index contributed by atoms with van der Waals surface area (Å²) in [5.74, 6) is -0.889. The second-order valence-corrected chi connectivity index (χ2v) is 21.3. The van der Waals surface area contributed by atoms with Gasteiger partial charge in [0.2, 0.25) is 0 Å². The Morgan fingerprint density at radius 2 is 0.507 bits per heavy atom. The number of carbonyl (C=O) groups is 3. The van der Waals surface area contributed by atoms with E-state index in [4.69, 9.17) is 14.2 Å². The van der Waals surface area contributed by atoms with Crippen molar-refractivity contribution >= 4 is 17.9 Å². The number of rotatable bonds is 58. The lowest BCUT2D eigenvalue weighted by Gasteiger charge is -2.18. The third-order valence-electron chi connectivity index (χ3n) is 14.0. The average molecular weight is 1020 g/mol. The van der Waals surface area contributed by atoms with E-state index in [0.29, 0.717) is 19.3 Å². The summed E-state index contributed by atoms with van der Waals surface area (Å²) in [5, 5.41) is 0. The van der Waals surface area contributed by atoms with E-state index in [1.165, 1.54) is 193 Å². The second kappa shape index (κ2) is 61.7. The zero-order valence-electron chi connectivity index (χ0n) is 48.7. The van der Waals surface area contributed by atoms with Gasteiger partial charge >= 0.3 is 17.9 Å². The van der Waals surface area contributed by atoms with Gasteiger partial charge in [-0.1, -0.05) is 268 Å². The van der Waals surface area contributed by atoms with E-state index in [2.05, 4.69) is 81.5 Å². The second-order valence-electron chi connectivity index (χ2n) is 21.3. The van der Waals surface area contributed by atoms with E-state index < -0.39 is 6.10 Å². The third-order valence-corrected chi connectivity index (χ3v) is 14.0. The Morgan fingerprint density at radius 3 is 0.808 bits per heavy atom. The monoisotopic (exact) mass is 1020 g/mol. The Kier molecular flexibility index (Phi) is 59.2. The van der Waals surface area contributed by atoms with Crippen LogP contribution in [-0.2, 0) is 28.6 Å². The minimum absolute atomic E-state index is 0.0805. The minimum atomic E-state index is -0.784. The molecule has 1 atom stereocenters. The van der Waals surface area contributed by atoms with Crippen molar-refractivity contribution in [2.75, 3.05) is 13.2 Å². The van der Waals surface area contributed by atoms with Crippen LogP contribution in [0.5, 0.6) is 0 Å². The molecule has 0 aliphatic rings. The first-order valence-electron chi connectivity index (χ1n) is 31.8. The Labute approximate surface area is 453 Å². The molecule has 424 valence electrons. The highest BCUT2D eigenvalue weighted by molar-refractivity contribution is 5.71. The Balaban J connectivity index is 4.23. The summed E-state index contributed by atoms with van der Waals surface area (Å²) >= 11 is 0. The van der Waals surface area contributed by atoms with Gasteiger partial charge < -0.3 is 14.2 Å². The molecule has 0 radical (unpaired) electrons. The Morgan fingerprint density at radius 1 is 0.274 bits per heavy atom. The zero-order chi connectivity index (χ0) is 52.9. The van der Waals surface area contributed by atoms with Crippen LogP contribution >= 0.6 is 0 Å². The number of hydrogen-bond acceptors (Lipinski definition) is 6. The number of unbranched alkanes of at least 4 members (excludes halogenated alkanes) is 37. The molecule has 0 aromatic heterocycles. The maximum absolute atomic E-state index is 12.9. The topological polar surface area (TPSA) is 78.9 Å². The molecule has 0 rings (SSSR count). The Hall–Kier alpha value is -2.89. The summed E-state index contributed by atoms with van der Waals surface area (Å²) in [5.41, 5.74) is 0. The fourth-order valence-electron chi connectivity index (χ4n) is 9.13. The average Bonchev–Trinajstić information content (AvgIpc) is 3.39. The van der Waals surface area contributed by atoms with Crippen LogP contribution in [0.4, 0.5) is 0 Å². The number of esters is 3. The van der Waals surface area contributed by atoms with Crippen molar-refractivity contribution in [3.05, 3.63) is 60.8 Å². The first-order chi connectivity index (χ1) is 36.0. The van der Waals surface area contributed by atoms with E-state index in [1.54, 1.807) is 0 Å².